The summed E-state index contributed by atoms with van der Waals surface area (Å²) < 4.78 is 6.53. The first kappa shape index (κ1) is 18.4. The number of nitriles is 1. The lowest BCUT2D eigenvalue weighted by Gasteiger charge is -2.16. The monoisotopic (exact) mass is 371 g/mol. The number of rotatable bonds is 5. The van der Waals surface area contributed by atoms with E-state index in [-0.39, 0.29) is 17.5 Å². The van der Waals surface area contributed by atoms with Crippen LogP contribution in [-0.4, -0.2) is 21.9 Å². The van der Waals surface area contributed by atoms with Gasteiger partial charge in [0.15, 0.2) is 6.54 Å². The average Bonchev–Trinajstić information content (AvgIpc) is 3.08. The number of nitrogens with zero attached hydrogens (tertiary/aromatic N) is 5. The highest BCUT2D eigenvalue weighted by molar-refractivity contribution is 7.99. The van der Waals surface area contributed by atoms with Gasteiger partial charge >= 0.3 is 5.88 Å². The van der Waals surface area contributed by atoms with E-state index >= 15 is 0 Å². The van der Waals surface area contributed by atoms with E-state index in [1.54, 1.807) is 10.9 Å². The molecule has 0 atom stereocenters. The van der Waals surface area contributed by atoms with Gasteiger partial charge in [0.25, 0.3) is 6.20 Å². The first-order chi connectivity index (χ1) is 12.7. The molecule has 136 valence electrons. The highest BCUT2D eigenvalue weighted by Gasteiger charge is 2.14. The van der Waals surface area contributed by atoms with Gasteiger partial charge in [0.05, 0.1) is 5.56 Å². The minimum absolute atomic E-state index is 0.104. The Morgan fingerprint density at radius 1 is 1.38 bits per heavy atom. The summed E-state index contributed by atoms with van der Waals surface area (Å²) in [4.78, 5) is 8.58. The van der Waals surface area contributed by atoms with Gasteiger partial charge in [-0.15, -0.1) is 0 Å². The SMILES string of the molecule is CC[n+]1cc(/N=C(/[O-])CSc2nc3c(cc2C#N)CCCCCC3)on1. The standard InChI is InChI=1S/C18H21N5O2S/c1-2-23-11-17(25-22-23)21-16(24)12-26-18-14(10-19)9-13-7-5-3-4-6-8-15(13)20-18/h9,11H,2-8,12H2,1H3. The van der Waals surface area contributed by atoms with Gasteiger partial charge in [0.2, 0.25) is 5.27 Å². The Balaban J connectivity index is 1.74. The lowest BCUT2D eigenvalue weighted by Crippen LogP contribution is -2.32. The van der Waals surface area contributed by atoms with Crippen LogP contribution in [0, 0.1) is 11.3 Å². The molecule has 0 amide bonds. The molecule has 0 spiro atoms. The maximum atomic E-state index is 12.1. The van der Waals surface area contributed by atoms with E-state index in [1.165, 1.54) is 30.2 Å². The molecule has 0 aromatic carbocycles. The number of aliphatic imine (C=N–C) groups is 1. The summed E-state index contributed by atoms with van der Waals surface area (Å²) in [6.07, 6.45) is 8.18. The third kappa shape index (κ3) is 4.61. The van der Waals surface area contributed by atoms with Crippen molar-refractivity contribution in [1.29, 1.82) is 5.26 Å². The van der Waals surface area contributed by atoms with E-state index in [0.717, 1.165) is 31.4 Å². The number of hydrogen-bond acceptors (Lipinski definition) is 7. The number of aryl methyl sites for hydroxylation is 3. The van der Waals surface area contributed by atoms with Crippen molar-refractivity contribution in [2.24, 2.45) is 4.99 Å². The molecule has 7 nitrogen and oxygen atoms in total. The summed E-state index contributed by atoms with van der Waals surface area (Å²) in [5, 5.41) is 25.9. The molecule has 0 unspecified atom stereocenters. The Morgan fingerprint density at radius 3 is 2.92 bits per heavy atom. The molecule has 8 heteroatoms. The average molecular weight is 371 g/mol. The minimum atomic E-state index is -0.341. The van der Waals surface area contributed by atoms with E-state index in [4.69, 9.17) is 4.52 Å². The largest absolute Gasteiger partial charge is 0.861 e. The molecule has 0 saturated carbocycles. The summed E-state index contributed by atoms with van der Waals surface area (Å²) >= 11 is 1.25. The van der Waals surface area contributed by atoms with Gasteiger partial charge in [-0.2, -0.15) is 5.26 Å². The predicted octanol–water partition coefficient (Wildman–Crippen LogP) is 2.09. The number of fused-ring (bicyclic) bond motifs is 1. The maximum absolute atomic E-state index is 12.1. The first-order valence-corrected chi connectivity index (χ1v) is 9.85. The van der Waals surface area contributed by atoms with Crippen LogP contribution in [0.5, 0.6) is 0 Å². The Kier molecular flexibility index (Phi) is 6.23. The quantitative estimate of drug-likeness (QED) is 0.345. The third-order valence-corrected chi connectivity index (χ3v) is 5.25. The number of aromatic nitrogens is 3. The Labute approximate surface area is 156 Å². The van der Waals surface area contributed by atoms with Crippen molar-refractivity contribution in [3.8, 4) is 6.07 Å². The predicted molar refractivity (Wildman–Crippen MR) is 95.0 cm³/mol. The normalized spacial score (nSPS) is 15.0. The molecule has 0 fully saturated rings. The molecular formula is C18H21N5O2S. The maximum Gasteiger partial charge on any atom is 0.320 e. The van der Waals surface area contributed by atoms with Crippen LogP contribution in [0.1, 0.15) is 49.4 Å². The Morgan fingerprint density at radius 2 is 2.19 bits per heavy atom. The van der Waals surface area contributed by atoms with E-state index in [2.05, 4.69) is 21.3 Å². The zero-order chi connectivity index (χ0) is 18.4. The second-order valence-electron chi connectivity index (χ2n) is 6.16. The fourth-order valence-electron chi connectivity index (χ4n) is 2.91. The lowest BCUT2D eigenvalue weighted by atomic mass is 9.96. The molecule has 2 aromatic heterocycles. The fourth-order valence-corrected chi connectivity index (χ4v) is 3.67. The zero-order valence-corrected chi connectivity index (χ0v) is 15.6. The second-order valence-corrected chi connectivity index (χ2v) is 7.13. The smallest absolute Gasteiger partial charge is 0.320 e. The molecule has 0 aliphatic heterocycles. The van der Waals surface area contributed by atoms with Gasteiger partial charge in [0.1, 0.15) is 11.1 Å². The van der Waals surface area contributed by atoms with Gasteiger partial charge in [-0.25, -0.2) is 9.98 Å². The molecular weight excluding hydrogens is 350 g/mol. The molecule has 0 N–H and O–H groups in total. The fraction of sp³-hybridized carbons (Fsp3) is 0.500. The third-order valence-electron chi connectivity index (χ3n) is 4.28. The van der Waals surface area contributed by atoms with Crippen LogP contribution >= 0.6 is 11.8 Å². The zero-order valence-electron chi connectivity index (χ0n) is 14.8. The molecule has 1 aliphatic carbocycles. The van der Waals surface area contributed by atoms with E-state index in [9.17, 15) is 10.4 Å². The number of thioether (sulfide) groups is 1. The topological polar surface area (TPSA) is 102 Å². The van der Waals surface area contributed by atoms with E-state index in [0.29, 0.717) is 17.1 Å². The van der Waals surface area contributed by atoms with Gasteiger partial charge < -0.3 is 5.11 Å². The number of hydrogen-bond donors (Lipinski definition) is 0. The highest BCUT2D eigenvalue weighted by Crippen LogP contribution is 2.26. The van der Waals surface area contributed by atoms with Crippen LogP contribution in [0.4, 0.5) is 5.88 Å². The van der Waals surface area contributed by atoms with Crippen LogP contribution in [0.15, 0.2) is 26.8 Å². The van der Waals surface area contributed by atoms with Crippen LogP contribution in [0.3, 0.4) is 0 Å². The molecule has 0 radical (unpaired) electrons. The van der Waals surface area contributed by atoms with Crippen molar-refractivity contribution in [1.82, 2.24) is 10.3 Å². The molecule has 0 bridgehead atoms. The van der Waals surface area contributed by atoms with Gasteiger partial charge in [-0.3, -0.25) is 4.52 Å². The lowest BCUT2D eigenvalue weighted by molar-refractivity contribution is -0.759. The van der Waals surface area contributed by atoms with Crippen molar-refractivity contribution in [3.63, 3.8) is 0 Å². The Hall–Kier alpha value is -2.40. The van der Waals surface area contributed by atoms with Crippen LogP contribution < -0.4 is 9.79 Å². The van der Waals surface area contributed by atoms with Gasteiger partial charge in [0, 0.05) is 11.4 Å². The molecule has 2 heterocycles. The summed E-state index contributed by atoms with van der Waals surface area (Å²) in [7, 11) is 0. The molecule has 3 rings (SSSR count). The summed E-state index contributed by atoms with van der Waals surface area (Å²) in [5.74, 6) is -0.0521. The van der Waals surface area contributed by atoms with Crippen LogP contribution in [-0.2, 0) is 19.4 Å². The van der Waals surface area contributed by atoms with E-state index < -0.39 is 0 Å². The molecule has 0 saturated heterocycles. The van der Waals surface area contributed by atoms with Gasteiger partial charge in [-0.05, 0) is 50.1 Å². The minimum Gasteiger partial charge on any atom is -0.861 e. The Bertz CT molecular complexity index is 841. The van der Waals surface area contributed by atoms with Crippen molar-refractivity contribution in [2.45, 2.75) is 57.0 Å². The molecule has 1 aliphatic rings. The summed E-state index contributed by atoms with van der Waals surface area (Å²) in [5.41, 5.74) is 2.77. The van der Waals surface area contributed by atoms with Crippen molar-refractivity contribution in [2.75, 3.05) is 5.75 Å². The molecule has 26 heavy (non-hydrogen) atoms. The highest BCUT2D eigenvalue weighted by atomic mass is 32.2. The van der Waals surface area contributed by atoms with Crippen molar-refractivity contribution in [3.05, 3.63) is 29.1 Å². The number of pyridine rings is 1. The summed E-state index contributed by atoms with van der Waals surface area (Å²) in [6.45, 7) is 2.56. The van der Waals surface area contributed by atoms with Crippen molar-refractivity contribution >= 4 is 23.5 Å². The van der Waals surface area contributed by atoms with Crippen LogP contribution in [0.2, 0.25) is 0 Å². The molecule has 2 aromatic rings. The van der Waals surface area contributed by atoms with Gasteiger partial charge in [-0.1, -0.05) is 29.3 Å². The van der Waals surface area contributed by atoms with Crippen molar-refractivity contribution < 1.29 is 14.3 Å². The van der Waals surface area contributed by atoms with Crippen LogP contribution in [0.25, 0.3) is 0 Å². The van der Waals surface area contributed by atoms with E-state index in [1.807, 2.05) is 13.0 Å². The summed E-state index contributed by atoms with van der Waals surface area (Å²) in [6, 6.07) is 4.15. The first-order valence-electron chi connectivity index (χ1n) is 8.86. The second kappa shape index (κ2) is 8.81.